The van der Waals surface area contributed by atoms with Crippen LogP contribution >= 0.6 is 11.3 Å². The van der Waals surface area contributed by atoms with E-state index >= 15 is 0 Å². The maximum absolute atomic E-state index is 9.38. The van der Waals surface area contributed by atoms with Crippen LogP contribution in [0.4, 0.5) is 0 Å². The first-order chi connectivity index (χ1) is 8.13. The highest BCUT2D eigenvalue weighted by Gasteiger charge is 2.05. The lowest BCUT2D eigenvalue weighted by Gasteiger charge is -2.00. The van der Waals surface area contributed by atoms with Crippen molar-refractivity contribution in [2.45, 2.75) is 25.8 Å². The highest BCUT2D eigenvalue weighted by molar-refractivity contribution is 7.11. The van der Waals surface area contributed by atoms with Crippen molar-refractivity contribution >= 4 is 11.3 Å². The van der Waals surface area contributed by atoms with Crippen molar-refractivity contribution in [2.75, 3.05) is 0 Å². The molecular formula is C13H16N2OS. The van der Waals surface area contributed by atoms with Gasteiger partial charge in [0.1, 0.15) is 5.75 Å². The van der Waals surface area contributed by atoms with Gasteiger partial charge in [0.2, 0.25) is 0 Å². The molecule has 1 aromatic carbocycles. The van der Waals surface area contributed by atoms with E-state index < -0.39 is 0 Å². The van der Waals surface area contributed by atoms with Gasteiger partial charge in [-0.2, -0.15) is 0 Å². The summed E-state index contributed by atoms with van der Waals surface area (Å²) in [6, 6.07) is 7.46. The maximum atomic E-state index is 9.38. The van der Waals surface area contributed by atoms with E-state index in [2.05, 4.69) is 4.98 Å². The standard InChI is InChI=1S/C13H16N2OS/c1-9(14)5-12-8-15-13(17-12)7-10-3-2-4-11(16)6-10/h2-4,6,8-9,16H,5,7,14H2,1H3. The van der Waals surface area contributed by atoms with E-state index in [4.69, 9.17) is 5.73 Å². The Morgan fingerprint density at radius 1 is 1.47 bits per heavy atom. The van der Waals surface area contributed by atoms with Crippen molar-refractivity contribution in [3.63, 3.8) is 0 Å². The number of thiazole rings is 1. The zero-order chi connectivity index (χ0) is 12.3. The minimum Gasteiger partial charge on any atom is -0.508 e. The zero-order valence-electron chi connectivity index (χ0n) is 9.76. The van der Waals surface area contributed by atoms with E-state index in [9.17, 15) is 5.11 Å². The number of phenolic OH excluding ortho intramolecular Hbond substituents is 1. The summed E-state index contributed by atoms with van der Waals surface area (Å²) in [6.07, 6.45) is 3.53. The van der Waals surface area contributed by atoms with Crippen LogP contribution in [0.3, 0.4) is 0 Å². The molecule has 0 saturated heterocycles. The number of nitrogens with zero attached hydrogens (tertiary/aromatic N) is 1. The van der Waals surface area contributed by atoms with E-state index in [0.29, 0.717) is 5.75 Å². The van der Waals surface area contributed by atoms with Gasteiger partial charge in [-0.15, -0.1) is 11.3 Å². The Labute approximate surface area is 105 Å². The lowest BCUT2D eigenvalue weighted by molar-refractivity contribution is 0.474. The predicted octanol–water partition coefficient (Wildman–Crippen LogP) is 2.33. The molecule has 0 amide bonds. The third-order valence-corrected chi connectivity index (χ3v) is 3.41. The second kappa shape index (κ2) is 5.29. The Bertz CT molecular complexity index is 494. The molecule has 1 heterocycles. The van der Waals surface area contributed by atoms with Gasteiger partial charge in [0.25, 0.3) is 0 Å². The van der Waals surface area contributed by atoms with Crippen LogP contribution in [0.2, 0.25) is 0 Å². The summed E-state index contributed by atoms with van der Waals surface area (Å²) in [4.78, 5) is 5.59. The molecule has 90 valence electrons. The van der Waals surface area contributed by atoms with E-state index in [-0.39, 0.29) is 6.04 Å². The topological polar surface area (TPSA) is 59.1 Å². The SMILES string of the molecule is CC(N)Cc1cnc(Cc2cccc(O)c2)s1. The third-order valence-electron chi connectivity index (χ3n) is 2.39. The van der Waals surface area contributed by atoms with E-state index in [1.165, 1.54) is 4.88 Å². The van der Waals surface area contributed by atoms with Crippen molar-refractivity contribution in [2.24, 2.45) is 5.73 Å². The molecule has 0 spiro atoms. The first kappa shape index (κ1) is 12.1. The molecule has 2 aromatic rings. The summed E-state index contributed by atoms with van der Waals surface area (Å²) >= 11 is 1.69. The lowest BCUT2D eigenvalue weighted by Crippen LogP contribution is -2.16. The monoisotopic (exact) mass is 248 g/mol. The highest BCUT2D eigenvalue weighted by Crippen LogP contribution is 2.19. The minimum absolute atomic E-state index is 0.170. The van der Waals surface area contributed by atoms with Crippen molar-refractivity contribution in [3.8, 4) is 5.75 Å². The van der Waals surface area contributed by atoms with E-state index in [1.54, 1.807) is 23.5 Å². The van der Waals surface area contributed by atoms with Crippen molar-refractivity contribution in [3.05, 3.63) is 45.9 Å². The number of aromatic hydroxyl groups is 1. The predicted molar refractivity (Wildman–Crippen MR) is 70.4 cm³/mol. The van der Waals surface area contributed by atoms with Gasteiger partial charge in [-0.3, -0.25) is 0 Å². The van der Waals surface area contributed by atoms with Gasteiger partial charge in [-0.25, -0.2) is 4.98 Å². The van der Waals surface area contributed by atoms with Crippen LogP contribution < -0.4 is 5.73 Å². The third kappa shape index (κ3) is 3.54. The van der Waals surface area contributed by atoms with Crippen molar-refractivity contribution < 1.29 is 5.11 Å². The van der Waals surface area contributed by atoms with Crippen molar-refractivity contribution in [1.29, 1.82) is 0 Å². The van der Waals surface area contributed by atoms with E-state index in [1.807, 2.05) is 25.3 Å². The van der Waals surface area contributed by atoms with Gasteiger partial charge in [0.05, 0.1) is 5.01 Å². The number of hydrogen-bond acceptors (Lipinski definition) is 4. The fourth-order valence-electron chi connectivity index (χ4n) is 1.68. The second-order valence-electron chi connectivity index (χ2n) is 4.25. The quantitative estimate of drug-likeness (QED) is 0.873. The van der Waals surface area contributed by atoms with Crippen LogP contribution in [0.15, 0.2) is 30.5 Å². The molecular weight excluding hydrogens is 232 g/mol. The molecule has 3 N–H and O–H groups in total. The average molecular weight is 248 g/mol. The molecule has 1 aromatic heterocycles. The van der Waals surface area contributed by atoms with Gasteiger partial charge in [0, 0.05) is 23.5 Å². The van der Waals surface area contributed by atoms with Gasteiger partial charge in [0.15, 0.2) is 0 Å². The molecule has 0 radical (unpaired) electrons. The van der Waals surface area contributed by atoms with Crippen LogP contribution in [-0.4, -0.2) is 16.1 Å². The molecule has 1 unspecified atom stereocenters. The molecule has 0 aliphatic rings. The Morgan fingerprint density at radius 3 is 3.00 bits per heavy atom. The molecule has 2 rings (SSSR count). The maximum Gasteiger partial charge on any atom is 0.115 e. The molecule has 0 aliphatic carbocycles. The Balaban J connectivity index is 2.06. The number of phenols is 1. The smallest absolute Gasteiger partial charge is 0.115 e. The molecule has 0 bridgehead atoms. The highest BCUT2D eigenvalue weighted by atomic mass is 32.1. The van der Waals surface area contributed by atoms with Gasteiger partial charge >= 0.3 is 0 Å². The first-order valence-electron chi connectivity index (χ1n) is 5.60. The summed E-state index contributed by atoms with van der Waals surface area (Å²) in [5, 5.41) is 10.4. The van der Waals surface area contributed by atoms with Gasteiger partial charge in [-0.05, 0) is 31.0 Å². The number of nitrogens with two attached hydrogens (primary N) is 1. The number of rotatable bonds is 4. The van der Waals surface area contributed by atoms with Crippen LogP contribution in [0.1, 0.15) is 22.4 Å². The fraction of sp³-hybridized carbons (Fsp3) is 0.308. The summed E-state index contributed by atoms with van der Waals surface area (Å²) in [6.45, 7) is 1.99. The van der Waals surface area contributed by atoms with Gasteiger partial charge < -0.3 is 10.8 Å². The Morgan fingerprint density at radius 2 is 2.29 bits per heavy atom. The lowest BCUT2D eigenvalue weighted by atomic mass is 10.1. The first-order valence-corrected chi connectivity index (χ1v) is 6.42. The average Bonchev–Trinajstić information content (AvgIpc) is 2.64. The van der Waals surface area contributed by atoms with Crippen LogP contribution in [0.25, 0.3) is 0 Å². The number of hydrogen-bond donors (Lipinski definition) is 2. The van der Waals surface area contributed by atoms with Crippen LogP contribution in [-0.2, 0) is 12.8 Å². The molecule has 1 atom stereocenters. The van der Waals surface area contributed by atoms with Crippen molar-refractivity contribution in [1.82, 2.24) is 4.98 Å². The van der Waals surface area contributed by atoms with E-state index in [0.717, 1.165) is 23.4 Å². The second-order valence-corrected chi connectivity index (χ2v) is 5.45. The minimum atomic E-state index is 0.170. The van der Waals surface area contributed by atoms with Gasteiger partial charge in [-0.1, -0.05) is 12.1 Å². The molecule has 0 aliphatic heterocycles. The molecule has 3 nitrogen and oxygen atoms in total. The largest absolute Gasteiger partial charge is 0.508 e. The molecule has 0 fully saturated rings. The Kier molecular flexibility index (Phi) is 3.76. The van der Waals surface area contributed by atoms with Crippen LogP contribution in [0, 0.1) is 0 Å². The normalized spacial score (nSPS) is 12.6. The Hall–Kier alpha value is -1.39. The summed E-state index contributed by atoms with van der Waals surface area (Å²) < 4.78 is 0. The fourth-order valence-corrected chi connectivity index (χ4v) is 2.78. The summed E-state index contributed by atoms with van der Waals surface area (Å²) in [5.74, 6) is 0.301. The number of aromatic nitrogens is 1. The summed E-state index contributed by atoms with van der Waals surface area (Å²) in [5.41, 5.74) is 6.83. The summed E-state index contributed by atoms with van der Waals surface area (Å²) in [7, 11) is 0. The molecule has 17 heavy (non-hydrogen) atoms. The number of benzene rings is 1. The molecule has 4 heteroatoms. The van der Waals surface area contributed by atoms with Crippen LogP contribution in [0.5, 0.6) is 5.75 Å². The zero-order valence-corrected chi connectivity index (χ0v) is 10.6. The molecule has 0 saturated carbocycles.